The molecule has 0 aliphatic heterocycles. The van der Waals surface area contributed by atoms with Crippen molar-refractivity contribution in [1.82, 2.24) is 15.6 Å². The maximum atomic E-state index is 13.1. The first kappa shape index (κ1) is 18.1. The summed E-state index contributed by atoms with van der Waals surface area (Å²) in [5, 5.41) is 7.19. The molecule has 5 nitrogen and oxygen atoms in total. The minimum absolute atomic E-state index is 0.288. The number of hydrogen-bond donors (Lipinski definition) is 2. The molecule has 1 aromatic carbocycles. The third-order valence-corrected chi connectivity index (χ3v) is 3.84. The van der Waals surface area contributed by atoms with Gasteiger partial charge in [0.05, 0.1) is 13.1 Å². The largest absolute Gasteiger partial charge is 0.492 e. The molecule has 0 bridgehead atoms. The number of guanidine groups is 1. The van der Waals surface area contributed by atoms with Crippen molar-refractivity contribution < 1.29 is 13.5 Å². The fourth-order valence-corrected chi connectivity index (χ4v) is 2.58. The maximum absolute atomic E-state index is 13.1. The molecule has 8 heteroatoms. The molecule has 0 amide bonds. The van der Waals surface area contributed by atoms with Crippen LogP contribution in [0.1, 0.15) is 16.8 Å². The molecule has 0 saturated heterocycles. The molecule has 2 aromatic rings. The van der Waals surface area contributed by atoms with E-state index in [-0.39, 0.29) is 5.75 Å². The van der Waals surface area contributed by atoms with E-state index in [1.165, 1.54) is 6.07 Å². The number of rotatable bonds is 7. The number of nitrogens with one attached hydrogen (secondary N) is 2. The van der Waals surface area contributed by atoms with Gasteiger partial charge in [-0.3, -0.25) is 0 Å². The molecule has 2 rings (SSSR count). The zero-order chi connectivity index (χ0) is 17.4. The first-order chi connectivity index (χ1) is 11.6. The van der Waals surface area contributed by atoms with Crippen LogP contribution in [0.4, 0.5) is 8.78 Å². The third-order valence-electron chi connectivity index (χ3n) is 2.94. The van der Waals surface area contributed by atoms with E-state index in [0.29, 0.717) is 25.7 Å². The molecule has 1 heterocycles. The summed E-state index contributed by atoms with van der Waals surface area (Å²) in [7, 11) is 0. The summed E-state index contributed by atoms with van der Waals surface area (Å²) in [6.07, 6.45) is 1.82. The third kappa shape index (κ3) is 5.77. The van der Waals surface area contributed by atoms with Crippen LogP contribution >= 0.6 is 11.3 Å². The normalized spacial score (nSPS) is 11.4. The average Bonchev–Trinajstić information content (AvgIpc) is 2.98. The molecule has 0 radical (unpaired) electrons. The lowest BCUT2D eigenvalue weighted by Crippen LogP contribution is -2.39. The summed E-state index contributed by atoms with van der Waals surface area (Å²) in [4.78, 5) is 9.86. The molecule has 2 N–H and O–H groups in total. The Bertz CT molecular complexity index is 690. The molecule has 0 fully saturated rings. The van der Waals surface area contributed by atoms with Crippen molar-refractivity contribution in [2.75, 3.05) is 19.7 Å². The second-order valence-electron chi connectivity index (χ2n) is 4.91. The van der Waals surface area contributed by atoms with Gasteiger partial charge >= 0.3 is 0 Å². The summed E-state index contributed by atoms with van der Waals surface area (Å²) in [6.45, 7) is 5.98. The highest BCUT2D eigenvalue weighted by atomic mass is 32.1. The van der Waals surface area contributed by atoms with Gasteiger partial charge in [-0.25, -0.2) is 18.8 Å². The number of halogens is 2. The number of hydrogen-bond acceptors (Lipinski definition) is 4. The number of benzene rings is 1. The SMILES string of the molecule is CCNC(=NCc1ncc(C)s1)NCCOc1ccc(F)c(F)c1. The van der Waals surface area contributed by atoms with E-state index in [4.69, 9.17) is 4.74 Å². The molecular formula is C16H20F2N4OS. The molecule has 1 aromatic heterocycles. The maximum Gasteiger partial charge on any atom is 0.191 e. The van der Waals surface area contributed by atoms with Gasteiger partial charge in [0.2, 0.25) is 0 Å². The molecule has 0 saturated carbocycles. The number of thiazole rings is 1. The lowest BCUT2D eigenvalue weighted by Gasteiger charge is -2.12. The number of nitrogens with zero attached hydrogens (tertiary/aromatic N) is 2. The van der Waals surface area contributed by atoms with E-state index in [9.17, 15) is 8.78 Å². The zero-order valence-electron chi connectivity index (χ0n) is 13.6. The van der Waals surface area contributed by atoms with Crippen molar-refractivity contribution in [3.63, 3.8) is 0 Å². The van der Waals surface area contributed by atoms with E-state index in [2.05, 4.69) is 20.6 Å². The van der Waals surface area contributed by atoms with Gasteiger partial charge in [0, 0.05) is 23.7 Å². The lowest BCUT2D eigenvalue weighted by molar-refractivity contribution is 0.318. The van der Waals surface area contributed by atoms with E-state index in [1.54, 1.807) is 11.3 Å². The van der Waals surface area contributed by atoms with Crippen molar-refractivity contribution >= 4 is 17.3 Å². The van der Waals surface area contributed by atoms with E-state index < -0.39 is 11.6 Å². The number of aliphatic imine (C=N–C) groups is 1. The first-order valence-corrected chi connectivity index (χ1v) is 8.41. The molecule has 0 aliphatic rings. The Labute approximate surface area is 143 Å². The van der Waals surface area contributed by atoms with Gasteiger partial charge in [-0.05, 0) is 26.0 Å². The van der Waals surface area contributed by atoms with Gasteiger partial charge < -0.3 is 15.4 Å². The van der Waals surface area contributed by atoms with Crippen LogP contribution < -0.4 is 15.4 Å². The molecule has 0 spiro atoms. The standard InChI is InChI=1S/C16H20F2N4OS/c1-3-19-16(22-10-15-21-9-11(2)24-15)20-6-7-23-12-4-5-13(17)14(18)8-12/h4-5,8-9H,3,6-7,10H2,1-2H3,(H2,19,20,22). The van der Waals surface area contributed by atoms with Crippen LogP contribution in [0.25, 0.3) is 0 Å². The fourth-order valence-electron chi connectivity index (χ4n) is 1.87. The summed E-state index contributed by atoms with van der Waals surface area (Å²) in [5.74, 6) is -0.872. The Hall–Kier alpha value is -2.22. The molecule has 0 aliphatic carbocycles. The van der Waals surface area contributed by atoms with Crippen LogP contribution in [0.15, 0.2) is 29.4 Å². The van der Waals surface area contributed by atoms with Crippen LogP contribution in [0.2, 0.25) is 0 Å². The van der Waals surface area contributed by atoms with Crippen LogP contribution in [-0.2, 0) is 6.54 Å². The highest BCUT2D eigenvalue weighted by molar-refractivity contribution is 7.11. The number of ether oxygens (including phenoxy) is 1. The first-order valence-electron chi connectivity index (χ1n) is 7.60. The fraction of sp³-hybridized carbons (Fsp3) is 0.375. The van der Waals surface area contributed by atoms with Gasteiger partial charge in [-0.2, -0.15) is 0 Å². The minimum atomic E-state index is -0.922. The molecule has 0 unspecified atom stereocenters. The van der Waals surface area contributed by atoms with Gasteiger partial charge in [0.15, 0.2) is 17.6 Å². The van der Waals surface area contributed by atoms with E-state index in [1.807, 2.05) is 20.0 Å². The Morgan fingerprint density at radius 3 is 2.79 bits per heavy atom. The van der Waals surface area contributed by atoms with Crippen LogP contribution in [0.5, 0.6) is 5.75 Å². The summed E-state index contributed by atoms with van der Waals surface area (Å²) < 4.78 is 31.3. The second-order valence-corrected chi connectivity index (χ2v) is 6.23. The molecule has 130 valence electrons. The molecular weight excluding hydrogens is 334 g/mol. The van der Waals surface area contributed by atoms with Gasteiger partial charge in [-0.15, -0.1) is 11.3 Å². The summed E-state index contributed by atoms with van der Waals surface area (Å²) >= 11 is 1.61. The highest BCUT2D eigenvalue weighted by Gasteiger charge is 2.04. The quantitative estimate of drug-likeness (QED) is 0.456. The zero-order valence-corrected chi connectivity index (χ0v) is 14.4. The Kier molecular flexibility index (Phi) is 6.92. The topological polar surface area (TPSA) is 58.5 Å². The minimum Gasteiger partial charge on any atom is -0.492 e. The Balaban J connectivity index is 1.79. The van der Waals surface area contributed by atoms with Gasteiger partial charge in [0.25, 0.3) is 0 Å². The lowest BCUT2D eigenvalue weighted by atomic mass is 10.3. The Morgan fingerprint density at radius 1 is 1.29 bits per heavy atom. The number of aryl methyl sites for hydroxylation is 1. The predicted molar refractivity (Wildman–Crippen MR) is 91.5 cm³/mol. The smallest absolute Gasteiger partial charge is 0.191 e. The van der Waals surface area contributed by atoms with Crippen molar-refractivity contribution in [2.45, 2.75) is 20.4 Å². The van der Waals surface area contributed by atoms with Crippen molar-refractivity contribution in [2.24, 2.45) is 4.99 Å². The molecule has 24 heavy (non-hydrogen) atoms. The van der Waals surface area contributed by atoms with Crippen molar-refractivity contribution in [3.8, 4) is 5.75 Å². The monoisotopic (exact) mass is 354 g/mol. The summed E-state index contributed by atoms with van der Waals surface area (Å²) in [6, 6.07) is 3.46. The number of aromatic nitrogens is 1. The highest BCUT2D eigenvalue weighted by Crippen LogP contribution is 2.15. The Morgan fingerprint density at radius 2 is 2.12 bits per heavy atom. The van der Waals surface area contributed by atoms with E-state index in [0.717, 1.165) is 28.6 Å². The van der Waals surface area contributed by atoms with Crippen LogP contribution in [-0.4, -0.2) is 30.6 Å². The van der Waals surface area contributed by atoms with E-state index >= 15 is 0 Å². The van der Waals surface area contributed by atoms with Crippen molar-refractivity contribution in [1.29, 1.82) is 0 Å². The van der Waals surface area contributed by atoms with Crippen molar-refractivity contribution in [3.05, 3.63) is 45.9 Å². The van der Waals surface area contributed by atoms with Gasteiger partial charge in [-0.1, -0.05) is 0 Å². The predicted octanol–water partition coefficient (Wildman–Crippen LogP) is 2.86. The van der Waals surface area contributed by atoms with Crippen LogP contribution in [0, 0.1) is 18.6 Å². The summed E-state index contributed by atoms with van der Waals surface area (Å²) in [5.41, 5.74) is 0. The molecule has 0 atom stereocenters. The average molecular weight is 354 g/mol. The van der Waals surface area contributed by atoms with Gasteiger partial charge in [0.1, 0.15) is 17.4 Å². The second kappa shape index (κ2) is 9.17. The van der Waals surface area contributed by atoms with Crippen LogP contribution in [0.3, 0.4) is 0 Å².